The van der Waals surface area contributed by atoms with E-state index in [-0.39, 0.29) is 18.1 Å². The quantitative estimate of drug-likeness (QED) is 0.255. The zero-order valence-electron chi connectivity index (χ0n) is 21.7. The molecular weight excluding hydrogens is 700 g/mol. The molecule has 4 rings (SSSR count). The maximum atomic E-state index is 13.4. The van der Waals surface area contributed by atoms with E-state index in [9.17, 15) is 9.59 Å². The Morgan fingerprint density at radius 2 is 1.90 bits per heavy atom. The van der Waals surface area contributed by atoms with Crippen LogP contribution in [0.2, 0.25) is 0 Å². The number of rotatable bonds is 10. The van der Waals surface area contributed by atoms with Crippen molar-refractivity contribution >= 4 is 70.8 Å². The van der Waals surface area contributed by atoms with E-state index in [1.54, 1.807) is 23.2 Å². The molecule has 0 unspecified atom stereocenters. The van der Waals surface area contributed by atoms with Crippen molar-refractivity contribution in [2.45, 2.75) is 33.1 Å². The van der Waals surface area contributed by atoms with Crippen LogP contribution < -0.4 is 15.0 Å². The van der Waals surface area contributed by atoms with Crippen molar-refractivity contribution < 1.29 is 19.0 Å². The Morgan fingerprint density at radius 3 is 2.62 bits per heavy atom. The van der Waals surface area contributed by atoms with Gasteiger partial charge in [-0.1, -0.05) is 29.3 Å². The molecule has 0 atom stereocenters. The van der Waals surface area contributed by atoms with E-state index in [0.717, 1.165) is 17.3 Å². The summed E-state index contributed by atoms with van der Waals surface area (Å²) in [6.07, 6.45) is 4.04. The van der Waals surface area contributed by atoms with Gasteiger partial charge in [0.25, 0.3) is 11.5 Å². The predicted molar refractivity (Wildman–Crippen MR) is 161 cm³/mol. The van der Waals surface area contributed by atoms with E-state index in [4.69, 9.17) is 19.2 Å². The molecule has 0 N–H and O–H groups in total. The molecule has 9 nitrogen and oxygen atoms in total. The van der Waals surface area contributed by atoms with E-state index in [0.29, 0.717) is 82.1 Å². The van der Waals surface area contributed by atoms with Crippen LogP contribution in [0.25, 0.3) is 10.9 Å². The molecule has 0 radical (unpaired) electrons. The Hall–Kier alpha value is -2.28. The monoisotopic (exact) mass is 726 g/mol. The number of ether oxygens (including phenoxy) is 3. The second kappa shape index (κ2) is 13.9. The molecule has 39 heavy (non-hydrogen) atoms. The van der Waals surface area contributed by atoms with E-state index in [2.05, 4.69) is 59.8 Å². The number of nitrogens with zero attached hydrogens (tertiary/aromatic N) is 4. The molecule has 208 valence electrons. The van der Waals surface area contributed by atoms with Gasteiger partial charge in [-0.3, -0.25) is 9.59 Å². The summed E-state index contributed by atoms with van der Waals surface area (Å²) in [5, 5.41) is 5.04. The van der Waals surface area contributed by atoms with Crippen molar-refractivity contribution in [3.63, 3.8) is 0 Å². The number of carbonyl (C=O) groups excluding carboxylic acids is 1. The minimum absolute atomic E-state index is 0.121. The van der Waals surface area contributed by atoms with Crippen LogP contribution in [0.4, 0.5) is 0 Å². The average Bonchev–Trinajstić information content (AvgIpc) is 2.94. The van der Waals surface area contributed by atoms with Crippen LogP contribution >= 0.6 is 47.8 Å². The number of hydrogen-bond acceptors (Lipinski definition) is 7. The summed E-state index contributed by atoms with van der Waals surface area (Å²) in [6, 6.07) is 7.21. The topological polar surface area (TPSA) is 95.2 Å². The maximum absolute atomic E-state index is 13.4. The molecular formula is C27H29Br3N4O5. The SMILES string of the molecule is CCCCc1nc2ccc(Br)cc2c(=O)n1N=Cc1cc(OCC)c(OCC(=O)N2CCOCC2)c(Br)c1Br. The van der Waals surface area contributed by atoms with E-state index < -0.39 is 0 Å². The smallest absolute Gasteiger partial charge is 0.282 e. The van der Waals surface area contributed by atoms with Gasteiger partial charge in [-0.15, -0.1) is 0 Å². The molecule has 0 saturated carbocycles. The summed E-state index contributed by atoms with van der Waals surface area (Å²) in [7, 11) is 0. The zero-order valence-corrected chi connectivity index (χ0v) is 26.5. The van der Waals surface area contributed by atoms with Crippen LogP contribution in [0.15, 0.2) is 47.6 Å². The number of morpholine rings is 1. The molecule has 1 aromatic heterocycles. The fourth-order valence-corrected chi connectivity index (χ4v) is 5.36. The molecule has 1 amide bonds. The number of aryl methyl sites for hydroxylation is 1. The van der Waals surface area contributed by atoms with Gasteiger partial charge in [0.15, 0.2) is 18.1 Å². The highest BCUT2D eigenvalue weighted by Crippen LogP contribution is 2.42. The number of aromatic nitrogens is 2. The van der Waals surface area contributed by atoms with Gasteiger partial charge >= 0.3 is 0 Å². The van der Waals surface area contributed by atoms with Crippen LogP contribution in [0, 0.1) is 0 Å². The van der Waals surface area contributed by atoms with Crippen LogP contribution in [0.3, 0.4) is 0 Å². The highest BCUT2D eigenvalue weighted by molar-refractivity contribution is 9.13. The first-order valence-electron chi connectivity index (χ1n) is 12.7. The molecule has 1 saturated heterocycles. The molecule has 3 aromatic rings. The third kappa shape index (κ3) is 7.08. The fourth-order valence-electron chi connectivity index (χ4n) is 4.06. The lowest BCUT2D eigenvalue weighted by molar-refractivity contribution is -0.137. The van der Waals surface area contributed by atoms with Crippen molar-refractivity contribution in [2.75, 3.05) is 39.5 Å². The number of amides is 1. The molecule has 0 bridgehead atoms. The van der Waals surface area contributed by atoms with Gasteiger partial charge < -0.3 is 19.1 Å². The molecule has 1 aliphatic rings. The first kappa shape index (κ1) is 29.7. The van der Waals surface area contributed by atoms with Gasteiger partial charge in [-0.05, 0) is 69.5 Å². The van der Waals surface area contributed by atoms with Gasteiger partial charge in [0.2, 0.25) is 0 Å². The normalized spacial score (nSPS) is 13.8. The first-order chi connectivity index (χ1) is 18.8. The number of fused-ring (bicyclic) bond motifs is 1. The summed E-state index contributed by atoms with van der Waals surface area (Å²) < 4.78 is 20.5. The highest BCUT2D eigenvalue weighted by Gasteiger charge is 2.21. The summed E-state index contributed by atoms with van der Waals surface area (Å²) in [4.78, 5) is 32.5. The van der Waals surface area contributed by atoms with Crippen molar-refractivity contribution in [1.82, 2.24) is 14.6 Å². The van der Waals surface area contributed by atoms with Crippen molar-refractivity contribution in [3.05, 3.63) is 59.4 Å². The largest absolute Gasteiger partial charge is 0.490 e. The Kier molecular flexibility index (Phi) is 10.6. The third-order valence-electron chi connectivity index (χ3n) is 6.10. The summed E-state index contributed by atoms with van der Waals surface area (Å²) in [5.74, 6) is 1.32. The Morgan fingerprint density at radius 1 is 1.13 bits per heavy atom. The minimum Gasteiger partial charge on any atom is -0.490 e. The van der Waals surface area contributed by atoms with E-state index in [1.165, 1.54) is 4.68 Å². The second-order valence-electron chi connectivity index (χ2n) is 8.79. The Labute approximate surface area is 251 Å². The number of benzene rings is 2. The predicted octanol–water partition coefficient (Wildman–Crippen LogP) is 5.55. The van der Waals surface area contributed by atoms with Crippen LogP contribution in [-0.2, 0) is 16.0 Å². The number of hydrogen-bond donors (Lipinski definition) is 0. The highest BCUT2D eigenvalue weighted by atomic mass is 79.9. The first-order valence-corrected chi connectivity index (χ1v) is 15.1. The van der Waals surface area contributed by atoms with E-state index in [1.807, 2.05) is 19.1 Å². The summed E-state index contributed by atoms with van der Waals surface area (Å²) in [6.45, 7) is 6.34. The molecule has 2 aromatic carbocycles. The number of carbonyl (C=O) groups is 1. The summed E-state index contributed by atoms with van der Waals surface area (Å²) >= 11 is 10.6. The van der Waals surface area contributed by atoms with Crippen molar-refractivity contribution in [1.29, 1.82) is 0 Å². The van der Waals surface area contributed by atoms with Gasteiger partial charge in [0.1, 0.15) is 5.82 Å². The molecule has 0 spiro atoms. The van der Waals surface area contributed by atoms with Crippen LogP contribution in [-0.4, -0.2) is 66.2 Å². The lowest BCUT2D eigenvalue weighted by atomic mass is 10.2. The van der Waals surface area contributed by atoms with Crippen LogP contribution in [0.5, 0.6) is 11.5 Å². The number of halogens is 3. The zero-order chi connectivity index (χ0) is 27.9. The third-order valence-corrected chi connectivity index (χ3v) is 8.74. The Balaban J connectivity index is 1.68. The van der Waals surface area contributed by atoms with Gasteiger partial charge in [-0.25, -0.2) is 4.98 Å². The van der Waals surface area contributed by atoms with Gasteiger partial charge in [0.05, 0.1) is 41.4 Å². The minimum atomic E-state index is -0.245. The van der Waals surface area contributed by atoms with Crippen molar-refractivity contribution in [2.24, 2.45) is 5.10 Å². The maximum Gasteiger partial charge on any atom is 0.282 e. The van der Waals surface area contributed by atoms with Gasteiger partial charge in [-0.2, -0.15) is 9.78 Å². The molecule has 1 fully saturated rings. The molecule has 2 heterocycles. The molecule has 12 heteroatoms. The van der Waals surface area contributed by atoms with Crippen LogP contribution in [0.1, 0.15) is 38.1 Å². The standard InChI is InChI=1S/C27H29Br3N4O5/c1-3-5-6-22-32-20-8-7-18(28)14-19(20)27(36)34(22)31-15-17-13-21(38-4-2)26(25(30)24(17)29)39-16-23(35)33-9-11-37-12-10-33/h7-8,13-15H,3-6,9-12,16H2,1-2H3. The second-order valence-corrected chi connectivity index (χ2v) is 11.3. The Bertz CT molecular complexity index is 1440. The molecule has 1 aliphatic heterocycles. The lowest BCUT2D eigenvalue weighted by Crippen LogP contribution is -2.43. The summed E-state index contributed by atoms with van der Waals surface area (Å²) in [5.41, 5.74) is 1.04. The van der Waals surface area contributed by atoms with Gasteiger partial charge in [0, 0.05) is 34.0 Å². The average molecular weight is 729 g/mol. The van der Waals surface area contributed by atoms with Crippen molar-refractivity contribution in [3.8, 4) is 11.5 Å². The fraction of sp³-hybridized carbons (Fsp3) is 0.407. The lowest BCUT2D eigenvalue weighted by Gasteiger charge is -2.27. The van der Waals surface area contributed by atoms with E-state index >= 15 is 0 Å². The number of unbranched alkanes of at least 4 members (excludes halogenated alkanes) is 1. The molecule has 0 aliphatic carbocycles.